The molecule has 3 aromatic rings. The molecule has 0 saturated heterocycles. The van der Waals surface area contributed by atoms with E-state index in [1.165, 1.54) is 10.9 Å². The maximum atomic E-state index is 12.7. The van der Waals surface area contributed by atoms with E-state index in [1.54, 1.807) is 36.4 Å². The van der Waals surface area contributed by atoms with Crippen molar-refractivity contribution in [2.75, 3.05) is 11.9 Å². The van der Waals surface area contributed by atoms with Gasteiger partial charge in [-0.05, 0) is 35.9 Å². The Labute approximate surface area is 153 Å². The molecule has 0 aliphatic heterocycles. The monoisotopic (exact) mass is 376 g/mol. The first-order valence-corrected chi connectivity index (χ1v) is 8.16. The van der Waals surface area contributed by atoms with E-state index in [0.29, 0.717) is 33.2 Å². The van der Waals surface area contributed by atoms with Crippen molar-refractivity contribution in [2.24, 2.45) is 5.73 Å². The first-order valence-electron chi connectivity index (χ1n) is 7.41. The van der Waals surface area contributed by atoms with Crippen LogP contribution in [0.25, 0.3) is 10.9 Å². The number of halogens is 2. The van der Waals surface area contributed by atoms with Crippen molar-refractivity contribution in [1.82, 2.24) is 9.55 Å². The van der Waals surface area contributed by atoms with E-state index in [2.05, 4.69) is 10.3 Å². The van der Waals surface area contributed by atoms with E-state index in [1.807, 2.05) is 0 Å². The van der Waals surface area contributed by atoms with Crippen LogP contribution in [0.5, 0.6) is 0 Å². The van der Waals surface area contributed by atoms with Gasteiger partial charge < -0.3 is 11.1 Å². The maximum absolute atomic E-state index is 12.7. The molecule has 0 unspecified atom stereocenters. The summed E-state index contributed by atoms with van der Waals surface area (Å²) in [5.41, 5.74) is 6.92. The van der Waals surface area contributed by atoms with Gasteiger partial charge in [0.15, 0.2) is 0 Å². The molecule has 3 rings (SSSR count). The lowest BCUT2D eigenvalue weighted by molar-refractivity contribution is -0.114. The molecule has 0 fully saturated rings. The van der Waals surface area contributed by atoms with Crippen LogP contribution in [-0.2, 0) is 11.3 Å². The van der Waals surface area contributed by atoms with Gasteiger partial charge in [0.05, 0.1) is 40.4 Å². The fraction of sp³-hybridized carbons (Fsp3) is 0.118. The van der Waals surface area contributed by atoms with Gasteiger partial charge in [-0.2, -0.15) is 0 Å². The van der Waals surface area contributed by atoms with Gasteiger partial charge >= 0.3 is 0 Å². The molecule has 8 heteroatoms. The van der Waals surface area contributed by atoms with Gasteiger partial charge in [-0.15, -0.1) is 0 Å². The molecule has 1 amide bonds. The number of fused-ring (bicyclic) bond motifs is 1. The van der Waals surface area contributed by atoms with E-state index in [-0.39, 0.29) is 18.0 Å². The highest BCUT2D eigenvalue weighted by molar-refractivity contribution is 6.42. The molecule has 0 radical (unpaired) electrons. The number of carbonyl (C=O) groups is 1. The number of hydrogen-bond acceptors (Lipinski definition) is 4. The van der Waals surface area contributed by atoms with Crippen LogP contribution in [0.15, 0.2) is 47.5 Å². The summed E-state index contributed by atoms with van der Waals surface area (Å²) < 4.78 is 1.47. The van der Waals surface area contributed by atoms with Gasteiger partial charge in [0.2, 0.25) is 5.91 Å². The SMILES string of the molecule is NCC(=O)Nc1ccc2ncn(Cc3ccc(Cl)c(Cl)c3)c(=O)c2c1. The fourth-order valence-electron chi connectivity index (χ4n) is 2.40. The number of carbonyl (C=O) groups excluding carboxylic acids is 1. The lowest BCUT2D eigenvalue weighted by atomic mass is 10.2. The van der Waals surface area contributed by atoms with E-state index in [0.717, 1.165) is 5.56 Å². The molecular formula is C17H14Cl2N4O2. The molecule has 25 heavy (non-hydrogen) atoms. The van der Waals surface area contributed by atoms with Crippen LogP contribution in [0.3, 0.4) is 0 Å². The Kier molecular flexibility index (Phi) is 5.03. The number of rotatable bonds is 4. The molecule has 6 nitrogen and oxygen atoms in total. The zero-order valence-corrected chi connectivity index (χ0v) is 14.5. The van der Waals surface area contributed by atoms with Crippen molar-refractivity contribution in [2.45, 2.75) is 6.54 Å². The molecule has 0 aliphatic carbocycles. The number of nitrogens with zero attached hydrogens (tertiary/aromatic N) is 2. The first-order chi connectivity index (χ1) is 12.0. The number of amides is 1. The topological polar surface area (TPSA) is 90.0 Å². The number of hydrogen-bond donors (Lipinski definition) is 2. The summed E-state index contributed by atoms with van der Waals surface area (Å²) in [6, 6.07) is 10.1. The zero-order valence-electron chi connectivity index (χ0n) is 13.0. The minimum atomic E-state index is -0.334. The molecule has 0 saturated carbocycles. The average molecular weight is 377 g/mol. The second-order valence-corrected chi connectivity index (χ2v) is 6.22. The number of nitrogens with two attached hydrogens (primary N) is 1. The number of benzene rings is 2. The Bertz CT molecular complexity index is 1020. The van der Waals surface area contributed by atoms with Crippen LogP contribution in [0, 0.1) is 0 Å². The predicted molar refractivity (Wildman–Crippen MR) is 99.3 cm³/mol. The minimum absolute atomic E-state index is 0.132. The Balaban J connectivity index is 1.98. The van der Waals surface area contributed by atoms with E-state index in [9.17, 15) is 9.59 Å². The highest BCUT2D eigenvalue weighted by atomic mass is 35.5. The summed E-state index contributed by atoms with van der Waals surface area (Å²) in [5, 5.41) is 3.90. The molecule has 0 spiro atoms. The molecule has 0 aliphatic rings. The third-order valence-electron chi connectivity index (χ3n) is 3.63. The molecule has 0 bridgehead atoms. The maximum Gasteiger partial charge on any atom is 0.261 e. The average Bonchev–Trinajstić information content (AvgIpc) is 2.61. The van der Waals surface area contributed by atoms with Crippen molar-refractivity contribution < 1.29 is 4.79 Å². The smallest absolute Gasteiger partial charge is 0.261 e. The molecule has 2 aromatic carbocycles. The Morgan fingerprint density at radius 3 is 2.68 bits per heavy atom. The second-order valence-electron chi connectivity index (χ2n) is 5.41. The van der Waals surface area contributed by atoms with Crippen molar-refractivity contribution >= 4 is 45.7 Å². The molecular weight excluding hydrogens is 363 g/mol. The van der Waals surface area contributed by atoms with E-state index < -0.39 is 0 Å². The van der Waals surface area contributed by atoms with Crippen molar-refractivity contribution in [3.8, 4) is 0 Å². The van der Waals surface area contributed by atoms with Crippen LogP contribution in [0.1, 0.15) is 5.56 Å². The molecule has 1 heterocycles. The molecule has 0 atom stereocenters. The van der Waals surface area contributed by atoms with Gasteiger partial charge in [-0.3, -0.25) is 14.2 Å². The highest BCUT2D eigenvalue weighted by Gasteiger charge is 2.08. The van der Waals surface area contributed by atoms with Gasteiger partial charge in [-0.25, -0.2) is 4.98 Å². The van der Waals surface area contributed by atoms with Crippen LogP contribution < -0.4 is 16.6 Å². The van der Waals surface area contributed by atoms with Crippen LogP contribution >= 0.6 is 23.2 Å². The fourth-order valence-corrected chi connectivity index (χ4v) is 2.72. The summed E-state index contributed by atoms with van der Waals surface area (Å²) in [5.74, 6) is -0.334. The van der Waals surface area contributed by atoms with Crippen molar-refractivity contribution in [3.05, 3.63) is 68.7 Å². The van der Waals surface area contributed by atoms with Crippen LogP contribution in [0.2, 0.25) is 10.0 Å². The summed E-state index contributed by atoms with van der Waals surface area (Å²) in [4.78, 5) is 28.4. The molecule has 3 N–H and O–H groups in total. The normalized spacial score (nSPS) is 10.8. The third kappa shape index (κ3) is 3.82. The quantitative estimate of drug-likeness (QED) is 0.732. The minimum Gasteiger partial charge on any atom is -0.325 e. The highest BCUT2D eigenvalue weighted by Crippen LogP contribution is 2.23. The van der Waals surface area contributed by atoms with Crippen LogP contribution in [0.4, 0.5) is 5.69 Å². The Morgan fingerprint density at radius 1 is 1.16 bits per heavy atom. The zero-order chi connectivity index (χ0) is 18.0. The number of anilines is 1. The van der Waals surface area contributed by atoms with Crippen molar-refractivity contribution in [1.29, 1.82) is 0 Å². The Morgan fingerprint density at radius 2 is 1.96 bits per heavy atom. The van der Waals surface area contributed by atoms with Crippen LogP contribution in [-0.4, -0.2) is 22.0 Å². The van der Waals surface area contributed by atoms with Gasteiger partial charge in [0.1, 0.15) is 0 Å². The van der Waals surface area contributed by atoms with Gasteiger partial charge in [0.25, 0.3) is 5.56 Å². The summed E-state index contributed by atoms with van der Waals surface area (Å²) >= 11 is 11.9. The largest absolute Gasteiger partial charge is 0.325 e. The van der Waals surface area contributed by atoms with Gasteiger partial charge in [-0.1, -0.05) is 29.3 Å². The lowest BCUT2D eigenvalue weighted by Crippen LogP contribution is -2.23. The number of aromatic nitrogens is 2. The standard InChI is InChI=1S/C17H14Cl2N4O2/c18-13-3-1-10(5-14(13)19)8-23-9-21-15-4-2-11(22-16(24)7-20)6-12(15)17(23)25/h1-6,9H,7-8,20H2,(H,22,24). The van der Waals surface area contributed by atoms with E-state index in [4.69, 9.17) is 28.9 Å². The number of nitrogens with one attached hydrogen (secondary N) is 1. The Hall–Kier alpha value is -2.41. The first kappa shape index (κ1) is 17.4. The third-order valence-corrected chi connectivity index (χ3v) is 4.37. The second kappa shape index (κ2) is 7.23. The van der Waals surface area contributed by atoms with Crippen molar-refractivity contribution in [3.63, 3.8) is 0 Å². The van der Waals surface area contributed by atoms with Gasteiger partial charge in [0, 0.05) is 5.69 Å². The summed E-state index contributed by atoms with van der Waals surface area (Å²) in [6.07, 6.45) is 1.48. The van der Waals surface area contributed by atoms with E-state index >= 15 is 0 Å². The summed E-state index contributed by atoms with van der Waals surface area (Å²) in [6.45, 7) is 0.171. The lowest BCUT2D eigenvalue weighted by Gasteiger charge is -2.09. The summed E-state index contributed by atoms with van der Waals surface area (Å²) in [7, 11) is 0. The molecule has 128 valence electrons. The molecule has 1 aromatic heterocycles. The predicted octanol–water partition coefficient (Wildman–Crippen LogP) is 2.65.